The minimum atomic E-state index is -0.487. The molecule has 1 saturated heterocycles. The van der Waals surface area contributed by atoms with Gasteiger partial charge in [0.15, 0.2) is 5.17 Å². The number of hydrogen-bond donors (Lipinski definition) is 1. The van der Waals surface area contributed by atoms with E-state index in [0.29, 0.717) is 29.8 Å². The number of amidine groups is 1. The second-order valence-electron chi connectivity index (χ2n) is 6.96. The molecule has 1 atom stereocenters. The third-order valence-electron chi connectivity index (χ3n) is 4.64. The molecule has 0 aliphatic carbocycles. The van der Waals surface area contributed by atoms with Crippen molar-refractivity contribution in [2.45, 2.75) is 38.9 Å². The molecule has 1 fully saturated rings. The van der Waals surface area contributed by atoms with Crippen LogP contribution in [0.3, 0.4) is 0 Å². The molecule has 0 radical (unpaired) electrons. The van der Waals surface area contributed by atoms with Crippen molar-refractivity contribution in [3.63, 3.8) is 0 Å². The maximum absolute atomic E-state index is 13.0. The largest absolute Gasteiger partial charge is 0.492 e. The summed E-state index contributed by atoms with van der Waals surface area (Å²) in [6, 6.07) is 15.1. The number of carbonyl (C=O) groups is 2. The van der Waals surface area contributed by atoms with Crippen LogP contribution in [0.4, 0.5) is 11.4 Å². The number of benzene rings is 2. The van der Waals surface area contributed by atoms with E-state index in [-0.39, 0.29) is 18.2 Å². The maximum atomic E-state index is 13.0. The number of para-hydroxylation sites is 3. The standard InChI is InChI=1S/C23H27N3O3S/c1-4-14-26-22(28)20(15-21(27)24-17-11-7-6-10-16(17)3)30-23(26)25-18-12-8-9-13-19(18)29-5-2/h6-13,20H,4-5,14-15H2,1-3H3,(H,24,27)/t20-/m0/s1. The number of hydrogen-bond acceptors (Lipinski definition) is 5. The molecule has 2 amide bonds. The van der Waals surface area contributed by atoms with Gasteiger partial charge in [-0.05, 0) is 44.0 Å². The van der Waals surface area contributed by atoms with Crippen molar-refractivity contribution in [2.75, 3.05) is 18.5 Å². The number of ether oxygens (including phenoxy) is 1. The first-order chi connectivity index (χ1) is 14.5. The normalized spacial score (nSPS) is 17.4. The predicted molar refractivity (Wildman–Crippen MR) is 123 cm³/mol. The lowest BCUT2D eigenvalue weighted by Gasteiger charge is -2.15. The first-order valence-corrected chi connectivity index (χ1v) is 11.1. The Balaban J connectivity index is 1.77. The molecule has 0 spiro atoms. The van der Waals surface area contributed by atoms with Gasteiger partial charge in [-0.15, -0.1) is 0 Å². The molecule has 158 valence electrons. The average Bonchev–Trinajstić information content (AvgIpc) is 3.00. The Morgan fingerprint density at radius 1 is 1.17 bits per heavy atom. The van der Waals surface area contributed by atoms with Crippen LogP contribution in [-0.2, 0) is 9.59 Å². The topological polar surface area (TPSA) is 71.0 Å². The van der Waals surface area contributed by atoms with Crippen LogP contribution in [0.1, 0.15) is 32.3 Å². The monoisotopic (exact) mass is 425 g/mol. The molecule has 0 aromatic heterocycles. The van der Waals surface area contributed by atoms with Crippen LogP contribution in [0.5, 0.6) is 5.75 Å². The summed E-state index contributed by atoms with van der Waals surface area (Å²) in [6.45, 7) is 6.98. The van der Waals surface area contributed by atoms with E-state index in [0.717, 1.165) is 17.7 Å². The van der Waals surface area contributed by atoms with Gasteiger partial charge in [-0.25, -0.2) is 4.99 Å². The van der Waals surface area contributed by atoms with Crippen LogP contribution >= 0.6 is 11.8 Å². The van der Waals surface area contributed by atoms with Crippen LogP contribution in [0.15, 0.2) is 53.5 Å². The highest BCUT2D eigenvalue weighted by molar-refractivity contribution is 8.15. The van der Waals surface area contributed by atoms with E-state index in [2.05, 4.69) is 5.32 Å². The zero-order chi connectivity index (χ0) is 21.5. The van der Waals surface area contributed by atoms with Crippen molar-refractivity contribution in [3.8, 4) is 5.75 Å². The molecule has 7 heteroatoms. The third kappa shape index (κ3) is 5.21. The molecule has 1 aliphatic rings. The zero-order valence-electron chi connectivity index (χ0n) is 17.6. The van der Waals surface area contributed by atoms with Crippen molar-refractivity contribution in [3.05, 3.63) is 54.1 Å². The molecule has 6 nitrogen and oxygen atoms in total. The van der Waals surface area contributed by atoms with E-state index < -0.39 is 5.25 Å². The molecule has 0 saturated carbocycles. The fraction of sp³-hybridized carbons (Fsp3) is 0.348. The van der Waals surface area contributed by atoms with Gasteiger partial charge >= 0.3 is 0 Å². The molecule has 2 aromatic rings. The number of carbonyl (C=O) groups excluding carboxylic acids is 2. The fourth-order valence-corrected chi connectivity index (χ4v) is 4.34. The van der Waals surface area contributed by atoms with Gasteiger partial charge in [0.25, 0.3) is 0 Å². The summed E-state index contributed by atoms with van der Waals surface area (Å²) in [5.41, 5.74) is 2.43. The van der Waals surface area contributed by atoms with Gasteiger partial charge in [0.1, 0.15) is 16.7 Å². The summed E-state index contributed by atoms with van der Waals surface area (Å²) in [6.07, 6.45) is 0.907. The van der Waals surface area contributed by atoms with Gasteiger partial charge in [-0.2, -0.15) is 0 Å². The van der Waals surface area contributed by atoms with Crippen molar-refractivity contribution in [2.24, 2.45) is 4.99 Å². The molecule has 3 rings (SSSR count). The molecule has 0 unspecified atom stereocenters. The Bertz CT molecular complexity index is 945. The van der Waals surface area contributed by atoms with Gasteiger partial charge in [0, 0.05) is 18.7 Å². The molecule has 1 N–H and O–H groups in total. The second-order valence-corrected chi connectivity index (χ2v) is 8.13. The minimum Gasteiger partial charge on any atom is -0.492 e. The first-order valence-electron chi connectivity index (χ1n) is 10.2. The van der Waals surface area contributed by atoms with Gasteiger partial charge in [0.05, 0.1) is 6.61 Å². The van der Waals surface area contributed by atoms with E-state index in [1.165, 1.54) is 11.8 Å². The lowest BCUT2D eigenvalue weighted by Crippen LogP contribution is -2.34. The summed E-state index contributed by atoms with van der Waals surface area (Å²) < 4.78 is 5.65. The van der Waals surface area contributed by atoms with Crippen LogP contribution in [0, 0.1) is 6.92 Å². The Hall–Kier alpha value is -2.80. The third-order valence-corrected chi connectivity index (χ3v) is 5.81. The Morgan fingerprint density at radius 2 is 1.90 bits per heavy atom. The smallest absolute Gasteiger partial charge is 0.242 e. The predicted octanol–water partition coefficient (Wildman–Crippen LogP) is 4.76. The van der Waals surface area contributed by atoms with E-state index >= 15 is 0 Å². The lowest BCUT2D eigenvalue weighted by molar-refractivity contribution is -0.128. The molecular formula is C23H27N3O3S. The van der Waals surface area contributed by atoms with Gasteiger partial charge in [-0.3, -0.25) is 14.5 Å². The van der Waals surface area contributed by atoms with E-state index in [4.69, 9.17) is 9.73 Å². The average molecular weight is 426 g/mol. The Morgan fingerprint density at radius 3 is 2.63 bits per heavy atom. The quantitative estimate of drug-likeness (QED) is 0.662. The number of aryl methyl sites for hydroxylation is 1. The number of anilines is 1. The molecule has 30 heavy (non-hydrogen) atoms. The molecule has 0 bridgehead atoms. The van der Waals surface area contributed by atoms with E-state index in [1.54, 1.807) is 4.90 Å². The van der Waals surface area contributed by atoms with Crippen LogP contribution in [0.25, 0.3) is 0 Å². The Labute approximate surface area is 181 Å². The molecule has 1 heterocycles. The number of nitrogens with zero attached hydrogens (tertiary/aromatic N) is 2. The number of nitrogens with one attached hydrogen (secondary N) is 1. The van der Waals surface area contributed by atoms with E-state index in [1.807, 2.05) is 69.3 Å². The fourth-order valence-electron chi connectivity index (χ4n) is 3.17. The van der Waals surface area contributed by atoms with Gasteiger partial charge in [-0.1, -0.05) is 49.0 Å². The molecule has 2 aromatic carbocycles. The van der Waals surface area contributed by atoms with E-state index in [9.17, 15) is 9.59 Å². The summed E-state index contributed by atoms with van der Waals surface area (Å²) in [5.74, 6) is 0.426. The summed E-state index contributed by atoms with van der Waals surface area (Å²) in [7, 11) is 0. The highest BCUT2D eigenvalue weighted by Crippen LogP contribution is 2.35. The first kappa shape index (κ1) is 21.9. The summed E-state index contributed by atoms with van der Waals surface area (Å²) in [5, 5.41) is 3.04. The second kappa shape index (κ2) is 10.3. The van der Waals surface area contributed by atoms with Gasteiger partial charge < -0.3 is 10.1 Å². The summed E-state index contributed by atoms with van der Waals surface area (Å²) in [4.78, 5) is 31.9. The zero-order valence-corrected chi connectivity index (χ0v) is 18.4. The lowest BCUT2D eigenvalue weighted by atomic mass is 10.2. The van der Waals surface area contributed by atoms with Crippen LogP contribution in [0.2, 0.25) is 0 Å². The highest BCUT2D eigenvalue weighted by Gasteiger charge is 2.38. The van der Waals surface area contributed by atoms with Crippen molar-refractivity contribution in [1.29, 1.82) is 0 Å². The Kier molecular flexibility index (Phi) is 7.52. The van der Waals surface area contributed by atoms with Crippen LogP contribution < -0.4 is 10.1 Å². The number of aliphatic imine (C=N–C) groups is 1. The molecule has 1 aliphatic heterocycles. The highest BCUT2D eigenvalue weighted by atomic mass is 32.2. The van der Waals surface area contributed by atoms with Crippen molar-refractivity contribution < 1.29 is 14.3 Å². The molecular weight excluding hydrogens is 398 g/mol. The maximum Gasteiger partial charge on any atom is 0.242 e. The number of rotatable bonds is 8. The van der Waals surface area contributed by atoms with Crippen molar-refractivity contribution in [1.82, 2.24) is 4.90 Å². The van der Waals surface area contributed by atoms with Crippen molar-refractivity contribution >= 4 is 40.1 Å². The SMILES string of the molecule is CCCN1C(=O)[C@H](CC(=O)Nc2ccccc2C)SC1=Nc1ccccc1OCC. The summed E-state index contributed by atoms with van der Waals surface area (Å²) >= 11 is 1.34. The van der Waals surface area contributed by atoms with Gasteiger partial charge in [0.2, 0.25) is 11.8 Å². The number of amides is 2. The number of thioether (sulfide) groups is 1. The van der Waals surface area contributed by atoms with Crippen LogP contribution in [-0.4, -0.2) is 40.3 Å². The minimum absolute atomic E-state index is 0.0746.